The molecule has 1 rings (SSSR count). The lowest BCUT2D eigenvalue weighted by molar-refractivity contribution is -0.280. The van der Waals surface area contributed by atoms with Gasteiger partial charge in [0.1, 0.15) is 24.4 Å². The monoisotopic (exact) mass is 261 g/mol. The van der Waals surface area contributed by atoms with Crippen molar-refractivity contribution in [3.63, 3.8) is 0 Å². The van der Waals surface area contributed by atoms with Crippen molar-refractivity contribution in [2.24, 2.45) is 0 Å². The van der Waals surface area contributed by atoms with Gasteiger partial charge in [-0.1, -0.05) is 0 Å². The second-order valence-electron chi connectivity index (χ2n) is 3.29. The van der Waals surface area contributed by atoms with Gasteiger partial charge < -0.3 is 34.9 Å². The fraction of sp³-hybridized carbons (Fsp3) is 1.00. The first-order valence-electron chi connectivity index (χ1n) is 4.30. The Bertz CT molecular complexity index is 275. The highest BCUT2D eigenvalue weighted by Crippen LogP contribution is 2.40. The zero-order valence-electron chi connectivity index (χ0n) is 7.95. The molecule has 96 valence electrons. The van der Waals surface area contributed by atoms with Crippen LogP contribution in [0, 0.1) is 0 Å². The molecule has 6 N–H and O–H groups in total. The van der Waals surface area contributed by atoms with E-state index in [0.717, 1.165) is 0 Å². The molecule has 0 unspecified atom stereocenters. The van der Waals surface area contributed by atoms with E-state index < -0.39 is 45.1 Å². The first-order valence-corrected chi connectivity index (χ1v) is 5.83. The summed E-state index contributed by atoms with van der Waals surface area (Å²) in [5.74, 6) is 0. The molecule has 10 heteroatoms. The Kier molecular flexibility index (Phi) is 4.41. The molecule has 1 aliphatic rings. The van der Waals surface area contributed by atoms with Crippen LogP contribution in [0.5, 0.6) is 0 Å². The number of rotatable bonds is 3. The van der Waals surface area contributed by atoms with Crippen molar-refractivity contribution >= 4 is 7.82 Å². The Morgan fingerprint density at radius 3 is 2.12 bits per heavy atom. The number of ether oxygens (including phenoxy) is 1. The van der Waals surface area contributed by atoms with E-state index in [2.05, 4.69) is 9.26 Å². The molecule has 0 aromatic carbocycles. The number of aliphatic hydroxyl groups is 4. The molecule has 1 saturated heterocycles. The third-order valence-electron chi connectivity index (χ3n) is 2.09. The molecule has 1 heterocycles. The van der Waals surface area contributed by atoms with E-state index >= 15 is 0 Å². The number of phosphoric ester groups is 1. The highest BCUT2D eigenvalue weighted by Gasteiger charge is 2.46. The summed E-state index contributed by atoms with van der Waals surface area (Å²) in [5.41, 5.74) is 0. The summed E-state index contributed by atoms with van der Waals surface area (Å²) >= 11 is 0. The van der Waals surface area contributed by atoms with E-state index in [4.69, 9.17) is 14.9 Å². The maximum absolute atomic E-state index is 10.5. The van der Waals surface area contributed by atoms with E-state index in [1.165, 1.54) is 0 Å². The molecule has 0 aliphatic carbocycles. The van der Waals surface area contributed by atoms with E-state index in [1.54, 1.807) is 0 Å². The third kappa shape index (κ3) is 3.20. The van der Waals surface area contributed by atoms with Gasteiger partial charge in [-0.15, -0.1) is 0 Å². The van der Waals surface area contributed by atoms with Gasteiger partial charge in [0.2, 0.25) is 0 Å². The second kappa shape index (κ2) is 5.05. The molecule has 5 atom stereocenters. The Morgan fingerprint density at radius 2 is 1.69 bits per heavy atom. The highest BCUT2D eigenvalue weighted by molar-refractivity contribution is 7.46. The molecule has 0 saturated carbocycles. The Balaban J connectivity index is 2.75. The van der Waals surface area contributed by atoms with Gasteiger partial charge in [-0.25, -0.2) is 4.57 Å². The molecule has 0 aromatic heterocycles. The van der Waals surface area contributed by atoms with Crippen LogP contribution in [-0.2, 0) is 13.8 Å². The van der Waals surface area contributed by atoms with Crippen LogP contribution < -0.4 is 0 Å². The average Bonchev–Trinajstić information content (AvgIpc) is 2.17. The summed E-state index contributed by atoms with van der Waals surface area (Å²) < 4.78 is 19.2. The van der Waals surface area contributed by atoms with Crippen molar-refractivity contribution in [1.82, 2.24) is 0 Å². The van der Waals surface area contributed by atoms with Gasteiger partial charge >= 0.3 is 7.82 Å². The lowest BCUT2D eigenvalue weighted by atomic mass is 10.0. The molecule has 0 bridgehead atoms. The van der Waals surface area contributed by atoms with Gasteiger partial charge in [0, 0.05) is 0 Å². The quantitative estimate of drug-likeness (QED) is 0.228. The zero-order valence-corrected chi connectivity index (χ0v) is 8.84. The fourth-order valence-corrected chi connectivity index (χ4v) is 1.73. The van der Waals surface area contributed by atoms with Crippen molar-refractivity contribution in [3.05, 3.63) is 0 Å². The molecule has 0 spiro atoms. The van der Waals surface area contributed by atoms with Crippen LogP contribution in [0.2, 0.25) is 0 Å². The number of aliphatic hydroxyl groups excluding tert-OH is 4. The standard InChI is InChI=1S/C6H13O9P/c7-1-2-3(8)4(9)5(10)6(14-2)15-16(11,12)13/h2-10H,1H2,(H2,11,12,13)/t2-,3+,4+,5-,6-/m1/s1/i6+1. The average molecular weight is 261 g/mol. The number of hydrogen-bond acceptors (Lipinski definition) is 7. The van der Waals surface area contributed by atoms with Crippen molar-refractivity contribution in [2.45, 2.75) is 30.7 Å². The minimum Gasteiger partial charge on any atom is -0.394 e. The summed E-state index contributed by atoms with van der Waals surface area (Å²) in [6.07, 6.45) is -8.25. The van der Waals surface area contributed by atoms with E-state index in [-0.39, 0.29) is 0 Å². The van der Waals surface area contributed by atoms with Crippen molar-refractivity contribution in [2.75, 3.05) is 6.61 Å². The molecule has 0 amide bonds. The molecule has 1 fully saturated rings. The van der Waals surface area contributed by atoms with Gasteiger partial charge in [0.15, 0.2) is 6.29 Å². The first-order chi connectivity index (χ1) is 7.26. The minimum absolute atomic E-state index is 0.702. The maximum atomic E-state index is 10.5. The van der Waals surface area contributed by atoms with E-state index in [9.17, 15) is 19.9 Å². The van der Waals surface area contributed by atoms with Crippen molar-refractivity contribution in [3.8, 4) is 0 Å². The third-order valence-corrected chi connectivity index (χ3v) is 2.57. The number of hydrogen-bond donors (Lipinski definition) is 6. The van der Waals surface area contributed by atoms with Crippen LogP contribution in [0.4, 0.5) is 0 Å². The summed E-state index contributed by atoms with van der Waals surface area (Å²) in [6, 6.07) is 0. The summed E-state index contributed by atoms with van der Waals surface area (Å²) in [4.78, 5) is 17.0. The molecule has 9 nitrogen and oxygen atoms in total. The molecule has 0 radical (unpaired) electrons. The van der Waals surface area contributed by atoms with Gasteiger partial charge in [0.25, 0.3) is 0 Å². The normalized spacial score (nSPS) is 41.0. The van der Waals surface area contributed by atoms with Crippen LogP contribution in [0.1, 0.15) is 0 Å². The summed E-state index contributed by atoms with van der Waals surface area (Å²) in [6.45, 7) is -0.702. The van der Waals surface area contributed by atoms with E-state index in [1.807, 2.05) is 0 Å². The zero-order chi connectivity index (χ0) is 12.5. The molecular weight excluding hydrogens is 248 g/mol. The van der Waals surface area contributed by atoms with Gasteiger partial charge in [-0.2, -0.15) is 0 Å². The predicted octanol–water partition coefficient (Wildman–Crippen LogP) is -3.10. The lowest BCUT2D eigenvalue weighted by Gasteiger charge is -2.39. The van der Waals surface area contributed by atoms with Crippen LogP contribution in [0.3, 0.4) is 0 Å². The predicted molar refractivity (Wildman–Crippen MR) is 46.9 cm³/mol. The molecule has 16 heavy (non-hydrogen) atoms. The van der Waals surface area contributed by atoms with Gasteiger partial charge in [-0.05, 0) is 0 Å². The molecule has 0 aromatic rings. The second-order valence-corrected chi connectivity index (χ2v) is 4.49. The summed E-state index contributed by atoms with van der Waals surface area (Å²) in [5, 5.41) is 36.6. The minimum atomic E-state index is -4.91. The van der Waals surface area contributed by atoms with Crippen LogP contribution in [0.25, 0.3) is 0 Å². The van der Waals surface area contributed by atoms with E-state index in [0.29, 0.717) is 0 Å². The Labute approximate surface area is 90.1 Å². The highest BCUT2D eigenvalue weighted by atomic mass is 31.2. The lowest BCUT2D eigenvalue weighted by Crippen LogP contribution is -2.58. The summed E-state index contributed by atoms with van der Waals surface area (Å²) in [7, 11) is -4.91. The topological polar surface area (TPSA) is 157 Å². The fourth-order valence-electron chi connectivity index (χ4n) is 1.29. The maximum Gasteiger partial charge on any atom is 0.472 e. The largest absolute Gasteiger partial charge is 0.472 e. The van der Waals surface area contributed by atoms with Crippen LogP contribution in [0.15, 0.2) is 0 Å². The smallest absolute Gasteiger partial charge is 0.394 e. The Hall–Kier alpha value is -0.0900. The van der Waals surface area contributed by atoms with Crippen LogP contribution in [-0.4, -0.2) is 67.5 Å². The van der Waals surface area contributed by atoms with Gasteiger partial charge in [0.05, 0.1) is 6.61 Å². The molecule has 1 aliphatic heterocycles. The Morgan fingerprint density at radius 1 is 1.12 bits per heavy atom. The van der Waals surface area contributed by atoms with Crippen molar-refractivity contribution in [1.29, 1.82) is 0 Å². The SMILES string of the molecule is O=P(O)(O)O[13C@H]1O[C@H](CO)[C@H](O)[C@H](O)[C@H]1O. The van der Waals surface area contributed by atoms with Crippen molar-refractivity contribution < 1.29 is 44.0 Å². The van der Waals surface area contributed by atoms with Crippen LogP contribution >= 0.6 is 7.82 Å². The number of phosphoric acid groups is 1. The first kappa shape index (κ1) is 14.0. The van der Waals surface area contributed by atoms with Gasteiger partial charge in [-0.3, -0.25) is 4.52 Å². The molecular formula is C6H13O9P.